The summed E-state index contributed by atoms with van der Waals surface area (Å²) in [5.41, 5.74) is -0.312. The third-order valence-corrected chi connectivity index (χ3v) is 9.32. The fourth-order valence-electron chi connectivity index (χ4n) is 7.41. The highest BCUT2D eigenvalue weighted by molar-refractivity contribution is 6.37. The van der Waals surface area contributed by atoms with E-state index in [0.717, 1.165) is 6.42 Å². The molecule has 0 saturated carbocycles. The molecule has 186 valence electrons. The van der Waals surface area contributed by atoms with Crippen LogP contribution >= 0.6 is 34.8 Å². The van der Waals surface area contributed by atoms with Crippen molar-refractivity contribution >= 4 is 63.8 Å². The summed E-state index contributed by atoms with van der Waals surface area (Å²) in [5, 5.41) is 7.09. The lowest BCUT2D eigenvalue weighted by Gasteiger charge is -2.43. The minimum absolute atomic E-state index is 0.212. The third-order valence-electron chi connectivity index (χ3n) is 8.54. The fraction of sp³-hybridized carbons (Fsp3) is 0.250. The van der Waals surface area contributed by atoms with Gasteiger partial charge in [0.15, 0.2) is 5.78 Å². The summed E-state index contributed by atoms with van der Waals surface area (Å²) in [7, 11) is 0. The Morgan fingerprint density at radius 3 is 2.38 bits per heavy atom. The van der Waals surface area contributed by atoms with Gasteiger partial charge in [0.2, 0.25) is 5.91 Å². The highest BCUT2D eigenvalue weighted by Gasteiger charge is 2.81. The van der Waals surface area contributed by atoms with E-state index >= 15 is 0 Å². The summed E-state index contributed by atoms with van der Waals surface area (Å²) in [6, 6.07) is 16.9. The molecule has 9 heteroatoms. The molecule has 3 aromatic carbocycles. The lowest BCUT2D eigenvalue weighted by atomic mass is 9.57. The maximum absolute atomic E-state index is 14.6. The first-order valence-electron chi connectivity index (χ1n) is 12.1. The number of benzene rings is 3. The number of nitrogens with one attached hydrogen (secondary N) is 2. The van der Waals surface area contributed by atoms with Gasteiger partial charge in [-0.25, -0.2) is 0 Å². The number of halogens is 3. The molecule has 4 aliphatic rings. The summed E-state index contributed by atoms with van der Waals surface area (Å²) in [6.45, 7) is 0.555. The second kappa shape index (κ2) is 7.81. The normalized spacial score (nSPS) is 29.4. The number of rotatable bonds is 2. The number of anilines is 2. The van der Waals surface area contributed by atoms with Gasteiger partial charge in [0.05, 0.1) is 10.9 Å². The lowest BCUT2D eigenvalue weighted by Crippen LogP contribution is -2.62. The van der Waals surface area contributed by atoms with Crippen LogP contribution < -0.4 is 10.6 Å². The molecule has 4 atom stereocenters. The molecule has 2 amide bonds. The highest BCUT2D eigenvalue weighted by atomic mass is 35.5. The molecule has 2 fully saturated rings. The van der Waals surface area contributed by atoms with E-state index in [0.29, 0.717) is 45.5 Å². The monoisotopic (exact) mass is 551 g/mol. The number of amides is 2. The van der Waals surface area contributed by atoms with Crippen LogP contribution in [0.4, 0.5) is 11.4 Å². The molecule has 0 radical (unpaired) electrons. The van der Waals surface area contributed by atoms with Crippen LogP contribution in [-0.4, -0.2) is 35.1 Å². The maximum Gasteiger partial charge on any atom is 0.251 e. The molecule has 4 aliphatic heterocycles. The van der Waals surface area contributed by atoms with E-state index in [4.69, 9.17) is 34.8 Å². The topological polar surface area (TPSA) is 78.5 Å². The van der Waals surface area contributed by atoms with Crippen molar-refractivity contribution in [1.82, 2.24) is 4.90 Å². The molecule has 3 aromatic rings. The Balaban J connectivity index is 1.60. The van der Waals surface area contributed by atoms with Gasteiger partial charge < -0.3 is 10.6 Å². The Morgan fingerprint density at radius 2 is 1.57 bits per heavy atom. The summed E-state index contributed by atoms with van der Waals surface area (Å²) >= 11 is 19.2. The molecule has 2 N–H and O–H groups in total. The first-order chi connectivity index (χ1) is 17.8. The molecule has 2 spiro atoms. The van der Waals surface area contributed by atoms with Crippen LogP contribution in [0.3, 0.4) is 0 Å². The Labute approximate surface area is 227 Å². The fourth-order valence-corrected chi connectivity index (χ4v) is 8.08. The van der Waals surface area contributed by atoms with Crippen molar-refractivity contribution < 1.29 is 14.4 Å². The summed E-state index contributed by atoms with van der Waals surface area (Å²) in [5.74, 6) is -1.88. The van der Waals surface area contributed by atoms with E-state index in [2.05, 4.69) is 15.5 Å². The zero-order valence-corrected chi connectivity index (χ0v) is 21.6. The van der Waals surface area contributed by atoms with Crippen molar-refractivity contribution in [2.45, 2.75) is 29.8 Å². The molecule has 0 aromatic heterocycles. The standard InChI is InChI=1S/C28H20Cl3N3O3/c29-14-8-10-21-18(12-14)28(26(37)33-21)27(17-4-1-2-5-20(17)32-25(27)36)23(22-6-3-11-34(22)28)24(35)16-9-7-15(30)13-19(16)31/h1-2,4-5,7-10,12-13,22-23H,3,6,11H2,(H,32,36)(H,33,37)/t22-,23-,27+,28-/m0/s1. The van der Waals surface area contributed by atoms with Gasteiger partial charge in [-0.1, -0.05) is 53.0 Å². The van der Waals surface area contributed by atoms with Gasteiger partial charge in [-0.15, -0.1) is 0 Å². The number of fused-ring (bicyclic) bond motifs is 7. The quantitative estimate of drug-likeness (QED) is 0.402. The van der Waals surface area contributed by atoms with Gasteiger partial charge in [0.25, 0.3) is 5.91 Å². The number of nitrogens with zero attached hydrogens (tertiary/aromatic N) is 1. The summed E-state index contributed by atoms with van der Waals surface area (Å²) in [6.07, 6.45) is 1.44. The minimum atomic E-state index is -1.55. The molecule has 37 heavy (non-hydrogen) atoms. The van der Waals surface area contributed by atoms with Crippen LogP contribution in [0.2, 0.25) is 15.1 Å². The Morgan fingerprint density at radius 1 is 0.865 bits per heavy atom. The Hall–Kier alpha value is -2.90. The average molecular weight is 553 g/mol. The van der Waals surface area contributed by atoms with Gasteiger partial charge in [0.1, 0.15) is 11.0 Å². The van der Waals surface area contributed by atoms with Gasteiger partial charge in [0, 0.05) is 38.6 Å². The number of carbonyl (C=O) groups is 3. The van der Waals surface area contributed by atoms with Crippen LogP contribution in [0.15, 0.2) is 60.7 Å². The predicted molar refractivity (Wildman–Crippen MR) is 143 cm³/mol. The van der Waals surface area contributed by atoms with Gasteiger partial charge in [-0.05, 0) is 67.4 Å². The van der Waals surface area contributed by atoms with Crippen LogP contribution in [0.25, 0.3) is 0 Å². The smallest absolute Gasteiger partial charge is 0.251 e. The largest absolute Gasteiger partial charge is 0.325 e. The van der Waals surface area contributed by atoms with E-state index in [1.54, 1.807) is 30.3 Å². The minimum Gasteiger partial charge on any atom is -0.325 e. The van der Waals surface area contributed by atoms with Crippen molar-refractivity contribution in [2.24, 2.45) is 5.92 Å². The molecule has 6 nitrogen and oxygen atoms in total. The number of hydrogen-bond acceptors (Lipinski definition) is 4. The van der Waals surface area contributed by atoms with Crippen molar-refractivity contribution in [1.29, 1.82) is 0 Å². The van der Waals surface area contributed by atoms with Crippen molar-refractivity contribution in [3.63, 3.8) is 0 Å². The van der Waals surface area contributed by atoms with E-state index in [1.165, 1.54) is 6.07 Å². The number of para-hydroxylation sites is 1. The van der Waals surface area contributed by atoms with Crippen LogP contribution in [-0.2, 0) is 20.5 Å². The highest BCUT2D eigenvalue weighted by Crippen LogP contribution is 2.68. The molecule has 2 saturated heterocycles. The second-order valence-corrected chi connectivity index (χ2v) is 11.3. The second-order valence-electron chi connectivity index (χ2n) is 10.0. The van der Waals surface area contributed by atoms with E-state index in [9.17, 15) is 14.4 Å². The first-order valence-corrected chi connectivity index (χ1v) is 13.2. The molecule has 0 bridgehead atoms. The van der Waals surface area contributed by atoms with Crippen LogP contribution in [0.1, 0.15) is 34.3 Å². The van der Waals surface area contributed by atoms with E-state index in [1.807, 2.05) is 24.3 Å². The van der Waals surface area contributed by atoms with Crippen LogP contribution in [0.5, 0.6) is 0 Å². The molecular formula is C28H20Cl3N3O3. The third kappa shape index (κ3) is 2.69. The number of ketones is 1. The van der Waals surface area contributed by atoms with Crippen molar-refractivity contribution in [3.8, 4) is 0 Å². The summed E-state index contributed by atoms with van der Waals surface area (Å²) < 4.78 is 0. The SMILES string of the molecule is O=C(c1ccc(Cl)cc1Cl)[C@@H]1[C@@H]2CCCN2[C@@]2(C(=O)Nc3ccc(Cl)cc32)[C@@]12C(=O)Nc1ccccc12. The van der Waals surface area contributed by atoms with Crippen molar-refractivity contribution in [3.05, 3.63) is 92.4 Å². The maximum atomic E-state index is 14.6. The van der Waals surface area contributed by atoms with E-state index < -0.39 is 16.9 Å². The lowest BCUT2D eigenvalue weighted by molar-refractivity contribution is -0.137. The zero-order valence-electron chi connectivity index (χ0n) is 19.4. The number of Topliss-reactive ketones (excluding diaryl/α,β-unsaturated/α-hetero) is 1. The average Bonchev–Trinajstić information content (AvgIpc) is 3.58. The van der Waals surface area contributed by atoms with Gasteiger partial charge in [-0.2, -0.15) is 0 Å². The Kier molecular flexibility index (Phi) is 4.90. The van der Waals surface area contributed by atoms with E-state index in [-0.39, 0.29) is 34.2 Å². The number of carbonyl (C=O) groups excluding carboxylic acids is 3. The summed E-state index contributed by atoms with van der Waals surface area (Å²) in [4.78, 5) is 45.4. The van der Waals surface area contributed by atoms with Gasteiger partial charge >= 0.3 is 0 Å². The predicted octanol–water partition coefficient (Wildman–Crippen LogP) is 5.66. The van der Waals surface area contributed by atoms with Crippen LogP contribution in [0, 0.1) is 5.92 Å². The molecular weight excluding hydrogens is 533 g/mol. The zero-order chi connectivity index (χ0) is 25.7. The molecule has 7 rings (SSSR count). The Bertz CT molecular complexity index is 1560. The molecule has 0 aliphatic carbocycles. The molecule has 4 heterocycles. The van der Waals surface area contributed by atoms with Gasteiger partial charge in [-0.3, -0.25) is 19.3 Å². The number of hydrogen-bond donors (Lipinski definition) is 2. The molecule has 0 unspecified atom stereocenters. The first kappa shape index (κ1) is 23.2. The van der Waals surface area contributed by atoms with Crippen molar-refractivity contribution in [2.75, 3.05) is 17.2 Å².